The molecule has 4 nitrogen and oxygen atoms in total. The Bertz CT molecular complexity index is 501. The van der Waals surface area contributed by atoms with E-state index in [2.05, 4.69) is 4.90 Å². The number of nitrogens with zero attached hydrogens (tertiary/aromatic N) is 1. The average Bonchev–Trinajstić information content (AvgIpc) is 2.78. The van der Waals surface area contributed by atoms with Crippen LogP contribution in [0.2, 0.25) is 0 Å². The van der Waals surface area contributed by atoms with Crippen LogP contribution in [0, 0.1) is 12.8 Å². The van der Waals surface area contributed by atoms with Crippen molar-refractivity contribution in [1.82, 2.24) is 0 Å². The van der Waals surface area contributed by atoms with Gasteiger partial charge < -0.3 is 16.4 Å². The Morgan fingerprint density at radius 2 is 2.17 bits per heavy atom. The Morgan fingerprint density at radius 1 is 1.44 bits per heavy atom. The van der Waals surface area contributed by atoms with Crippen LogP contribution in [0.1, 0.15) is 17.5 Å². The second kappa shape index (κ2) is 4.94. The summed E-state index contributed by atoms with van der Waals surface area (Å²) in [4.78, 5) is 13.7. The van der Waals surface area contributed by atoms with E-state index in [0.29, 0.717) is 11.5 Å². The summed E-state index contributed by atoms with van der Waals surface area (Å²) in [5, 5.41) is 0. The van der Waals surface area contributed by atoms with Gasteiger partial charge in [-0.3, -0.25) is 4.79 Å². The van der Waals surface area contributed by atoms with Crippen molar-refractivity contribution in [3.63, 3.8) is 0 Å². The molecule has 2 rings (SSSR count). The number of primary amides is 1. The molecule has 0 radical (unpaired) electrons. The van der Waals surface area contributed by atoms with Gasteiger partial charge in [-0.1, -0.05) is 23.8 Å². The molecule has 0 saturated carbocycles. The quantitative estimate of drug-likeness (QED) is 0.796. The molecule has 1 heterocycles. The first-order valence-electron chi connectivity index (χ1n) is 5.93. The zero-order chi connectivity index (χ0) is 13.3. The van der Waals surface area contributed by atoms with E-state index in [1.165, 1.54) is 0 Å². The van der Waals surface area contributed by atoms with Crippen molar-refractivity contribution < 1.29 is 4.79 Å². The third-order valence-corrected chi connectivity index (χ3v) is 3.57. The summed E-state index contributed by atoms with van der Waals surface area (Å²) in [6, 6.07) is 6.01. The highest BCUT2D eigenvalue weighted by molar-refractivity contribution is 7.80. The van der Waals surface area contributed by atoms with Crippen LogP contribution in [-0.2, 0) is 4.79 Å². The van der Waals surface area contributed by atoms with E-state index >= 15 is 0 Å². The molecule has 0 aromatic heterocycles. The fourth-order valence-electron chi connectivity index (χ4n) is 2.33. The average molecular weight is 263 g/mol. The zero-order valence-electron chi connectivity index (χ0n) is 10.3. The Labute approximate surface area is 112 Å². The molecule has 4 N–H and O–H groups in total. The number of carbonyl (C=O) groups excluding carboxylic acids is 1. The molecule has 1 aromatic carbocycles. The van der Waals surface area contributed by atoms with Gasteiger partial charge in [0.1, 0.15) is 4.99 Å². The van der Waals surface area contributed by atoms with Crippen molar-refractivity contribution in [1.29, 1.82) is 0 Å². The number of benzene rings is 1. The molecular weight excluding hydrogens is 246 g/mol. The van der Waals surface area contributed by atoms with Gasteiger partial charge in [-0.2, -0.15) is 0 Å². The van der Waals surface area contributed by atoms with Gasteiger partial charge in [0.25, 0.3) is 0 Å². The van der Waals surface area contributed by atoms with Crippen molar-refractivity contribution in [3.05, 3.63) is 29.3 Å². The van der Waals surface area contributed by atoms with E-state index in [1.54, 1.807) is 0 Å². The summed E-state index contributed by atoms with van der Waals surface area (Å²) >= 11 is 5.09. The minimum Gasteiger partial charge on any atom is -0.389 e. The van der Waals surface area contributed by atoms with Crippen molar-refractivity contribution in [3.8, 4) is 0 Å². The predicted molar refractivity (Wildman–Crippen MR) is 76.6 cm³/mol. The van der Waals surface area contributed by atoms with E-state index < -0.39 is 0 Å². The van der Waals surface area contributed by atoms with Gasteiger partial charge in [0.15, 0.2) is 0 Å². The molecule has 0 spiro atoms. The second-order valence-corrected chi connectivity index (χ2v) is 5.16. The number of thiocarbonyl (C=S) groups is 1. The molecule has 1 saturated heterocycles. The van der Waals surface area contributed by atoms with Crippen molar-refractivity contribution in [2.75, 3.05) is 18.0 Å². The first-order chi connectivity index (χ1) is 8.49. The van der Waals surface area contributed by atoms with Gasteiger partial charge in [0, 0.05) is 24.3 Å². The van der Waals surface area contributed by atoms with Crippen molar-refractivity contribution in [2.24, 2.45) is 17.4 Å². The molecule has 1 amide bonds. The molecule has 0 aliphatic carbocycles. The molecule has 1 atom stereocenters. The SMILES string of the molecule is Cc1ccc(N2CCC(C(N)=O)C2)c(C(N)=S)c1. The second-order valence-electron chi connectivity index (χ2n) is 4.72. The number of aryl methyl sites for hydroxylation is 1. The van der Waals surface area contributed by atoms with E-state index in [-0.39, 0.29) is 11.8 Å². The zero-order valence-corrected chi connectivity index (χ0v) is 11.2. The number of amides is 1. The highest BCUT2D eigenvalue weighted by Crippen LogP contribution is 2.27. The lowest BCUT2D eigenvalue weighted by atomic mass is 10.1. The molecule has 96 valence electrons. The largest absolute Gasteiger partial charge is 0.389 e. The Hall–Kier alpha value is -1.62. The van der Waals surface area contributed by atoms with Gasteiger partial charge >= 0.3 is 0 Å². The summed E-state index contributed by atoms with van der Waals surface area (Å²) in [5.41, 5.74) is 14.1. The molecule has 0 bridgehead atoms. The Kier molecular flexibility index (Phi) is 3.52. The minimum absolute atomic E-state index is 0.0782. The van der Waals surface area contributed by atoms with Gasteiger partial charge in [0.05, 0.1) is 5.92 Å². The summed E-state index contributed by atoms with van der Waals surface area (Å²) in [6.45, 7) is 3.46. The van der Waals surface area contributed by atoms with Crippen LogP contribution < -0.4 is 16.4 Å². The molecule has 1 aromatic rings. The fraction of sp³-hybridized carbons (Fsp3) is 0.385. The van der Waals surface area contributed by atoms with Crippen LogP contribution in [-0.4, -0.2) is 24.0 Å². The summed E-state index contributed by atoms with van der Waals surface area (Å²) < 4.78 is 0. The molecule has 1 fully saturated rings. The van der Waals surface area contributed by atoms with Crippen LogP contribution in [0.5, 0.6) is 0 Å². The number of rotatable bonds is 3. The lowest BCUT2D eigenvalue weighted by Gasteiger charge is -2.21. The highest BCUT2D eigenvalue weighted by Gasteiger charge is 2.28. The summed E-state index contributed by atoms with van der Waals surface area (Å²) in [6.07, 6.45) is 0.792. The minimum atomic E-state index is -0.235. The van der Waals surface area contributed by atoms with Crippen LogP contribution in [0.4, 0.5) is 5.69 Å². The molecule has 5 heteroatoms. The number of anilines is 1. The Balaban J connectivity index is 2.29. The standard InChI is InChI=1S/C13H17N3OS/c1-8-2-3-11(10(6-8)13(15)18)16-5-4-9(7-16)12(14)17/h2-3,6,9H,4-5,7H2,1H3,(H2,14,17)(H2,15,18). The van der Waals surface area contributed by atoms with Gasteiger partial charge in [0.2, 0.25) is 5.91 Å². The monoisotopic (exact) mass is 263 g/mol. The molecular formula is C13H17N3OS. The Morgan fingerprint density at radius 3 is 2.72 bits per heavy atom. The smallest absolute Gasteiger partial charge is 0.222 e. The normalized spacial score (nSPS) is 18.9. The fourth-order valence-corrected chi connectivity index (χ4v) is 2.50. The van der Waals surface area contributed by atoms with Crippen molar-refractivity contribution >= 4 is 28.8 Å². The third-order valence-electron chi connectivity index (χ3n) is 3.35. The van der Waals surface area contributed by atoms with Crippen LogP contribution in [0.25, 0.3) is 0 Å². The predicted octanol–water partition coefficient (Wildman–Crippen LogP) is 0.941. The highest BCUT2D eigenvalue weighted by atomic mass is 32.1. The van der Waals surface area contributed by atoms with E-state index in [9.17, 15) is 4.79 Å². The third kappa shape index (κ3) is 2.46. The molecule has 1 aliphatic rings. The number of carbonyl (C=O) groups is 1. The van der Waals surface area contributed by atoms with Crippen molar-refractivity contribution in [2.45, 2.75) is 13.3 Å². The maximum Gasteiger partial charge on any atom is 0.222 e. The maximum absolute atomic E-state index is 11.2. The van der Waals surface area contributed by atoms with Crippen LogP contribution in [0.3, 0.4) is 0 Å². The number of hydrogen-bond acceptors (Lipinski definition) is 3. The lowest BCUT2D eigenvalue weighted by Crippen LogP contribution is -2.28. The van der Waals surface area contributed by atoms with Gasteiger partial charge in [-0.05, 0) is 25.5 Å². The van der Waals surface area contributed by atoms with Crippen LogP contribution >= 0.6 is 12.2 Å². The van der Waals surface area contributed by atoms with Crippen LogP contribution in [0.15, 0.2) is 18.2 Å². The number of nitrogens with two attached hydrogens (primary N) is 2. The first-order valence-corrected chi connectivity index (χ1v) is 6.34. The molecule has 1 unspecified atom stereocenters. The molecule has 1 aliphatic heterocycles. The molecule has 18 heavy (non-hydrogen) atoms. The van der Waals surface area contributed by atoms with E-state index in [0.717, 1.165) is 29.8 Å². The van der Waals surface area contributed by atoms with E-state index in [1.807, 2.05) is 25.1 Å². The lowest BCUT2D eigenvalue weighted by molar-refractivity contribution is -0.121. The van der Waals surface area contributed by atoms with E-state index in [4.69, 9.17) is 23.7 Å². The number of hydrogen-bond donors (Lipinski definition) is 2. The summed E-state index contributed by atoms with van der Waals surface area (Å²) in [7, 11) is 0. The summed E-state index contributed by atoms with van der Waals surface area (Å²) in [5.74, 6) is -0.313. The van der Waals surface area contributed by atoms with Gasteiger partial charge in [-0.15, -0.1) is 0 Å². The maximum atomic E-state index is 11.2. The first kappa shape index (κ1) is 12.8. The topological polar surface area (TPSA) is 72.3 Å². The van der Waals surface area contributed by atoms with Gasteiger partial charge in [-0.25, -0.2) is 0 Å².